The summed E-state index contributed by atoms with van der Waals surface area (Å²) < 4.78 is 32.6. The van der Waals surface area contributed by atoms with Crippen molar-refractivity contribution in [2.75, 3.05) is 6.54 Å². The molecule has 3 aliphatic rings. The van der Waals surface area contributed by atoms with Crippen molar-refractivity contribution in [1.82, 2.24) is 4.31 Å². The van der Waals surface area contributed by atoms with Crippen molar-refractivity contribution < 1.29 is 13.2 Å². The summed E-state index contributed by atoms with van der Waals surface area (Å²) in [5, 5.41) is 0.193. The van der Waals surface area contributed by atoms with Crippen LogP contribution >= 0.6 is 11.6 Å². The van der Waals surface area contributed by atoms with Crippen LogP contribution in [0.4, 0.5) is 0 Å². The van der Waals surface area contributed by atoms with Crippen LogP contribution in [0.1, 0.15) is 12.0 Å². The van der Waals surface area contributed by atoms with Crippen molar-refractivity contribution in [3.05, 3.63) is 47.0 Å². The van der Waals surface area contributed by atoms with Gasteiger partial charge in [0.05, 0.1) is 6.10 Å². The minimum absolute atomic E-state index is 0.0249. The quantitative estimate of drug-likeness (QED) is 0.784. The normalized spacial score (nSPS) is 37.5. The van der Waals surface area contributed by atoms with Gasteiger partial charge >= 0.3 is 0 Å². The van der Waals surface area contributed by atoms with Gasteiger partial charge in [-0.05, 0) is 24.1 Å². The molecule has 0 N–H and O–H groups in total. The Bertz CT molecular complexity index is 702. The minimum atomic E-state index is -3.30. The lowest BCUT2D eigenvalue weighted by atomic mass is 9.94. The van der Waals surface area contributed by atoms with E-state index < -0.39 is 20.9 Å². The van der Waals surface area contributed by atoms with Gasteiger partial charge in [-0.2, -0.15) is 4.31 Å². The molecule has 1 aromatic carbocycles. The van der Waals surface area contributed by atoms with Crippen LogP contribution in [0.15, 0.2) is 36.4 Å². The predicted octanol–water partition coefficient (Wildman–Crippen LogP) is 1.95. The van der Waals surface area contributed by atoms with Gasteiger partial charge in [0, 0.05) is 18.1 Å². The Morgan fingerprint density at radius 3 is 3.00 bits per heavy atom. The van der Waals surface area contributed by atoms with Gasteiger partial charge in [0.25, 0.3) is 0 Å². The lowest BCUT2D eigenvalue weighted by molar-refractivity contribution is 0.0298. The Morgan fingerprint density at radius 1 is 1.45 bits per heavy atom. The van der Waals surface area contributed by atoms with Crippen molar-refractivity contribution in [2.24, 2.45) is 0 Å². The molecule has 0 saturated carbocycles. The van der Waals surface area contributed by atoms with Gasteiger partial charge in [0.2, 0.25) is 10.0 Å². The SMILES string of the molecule is O=S1(=O)[C@H]2C[C@H]3C=C[C@@]2(CN1Cc1cccc(Cl)c1)O3. The zero-order valence-electron chi connectivity index (χ0n) is 10.7. The van der Waals surface area contributed by atoms with Gasteiger partial charge in [0.15, 0.2) is 0 Å². The third-order valence-corrected chi connectivity index (χ3v) is 6.87. The van der Waals surface area contributed by atoms with Crippen LogP contribution < -0.4 is 0 Å². The molecule has 4 nitrogen and oxygen atoms in total. The first-order valence-electron chi connectivity index (χ1n) is 6.60. The lowest BCUT2D eigenvalue weighted by Crippen LogP contribution is -2.36. The zero-order valence-corrected chi connectivity index (χ0v) is 12.3. The molecule has 0 amide bonds. The molecule has 20 heavy (non-hydrogen) atoms. The van der Waals surface area contributed by atoms with E-state index in [1.165, 1.54) is 4.31 Å². The number of hydrogen-bond acceptors (Lipinski definition) is 3. The van der Waals surface area contributed by atoms with Crippen LogP contribution in [0.5, 0.6) is 0 Å². The molecule has 3 atom stereocenters. The third-order valence-electron chi connectivity index (χ3n) is 4.35. The number of rotatable bonds is 2. The Morgan fingerprint density at radius 2 is 2.30 bits per heavy atom. The molecule has 2 saturated heterocycles. The summed E-state index contributed by atoms with van der Waals surface area (Å²) in [4.78, 5) is 0. The van der Waals surface area contributed by atoms with Gasteiger partial charge in [0.1, 0.15) is 10.9 Å². The minimum Gasteiger partial charge on any atom is -0.361 e. The first-order chi connectivity index (χ1) is 9.49. The first kappa shape index (κ1) is 12.8. The monoisotopic (exact) mass is 311 g/mol. The molecule has 0 aliphatic carbocycles. The highest BCUT2D eigenvalue weighted by atomic mass is 35.5. The molecule has 0 aromatic heterocycles. The maximum atomic E-state index is 12.6. The molecule has 2 fully saturated rings. The summed E-state index contributed by atoms with van der Waals surface area (Å²) in [7, 11) is -3.30. The number of nitrogens with zero attached hydrogens (tertiary/aromatic N) is 1. The third kappa shape index (κ3) is 1.70. The molecule has 1 aromatic rings. The fourth-order valence-corrected chi connectivity index (χ4v) is 5.88. The smallest absolute Gasteiger partial charge is 0.220 e. The molecule has 1 spiro atoms. The molecule has 0 radical (unpaired) electrons. The molecular formula is C14H14ClNO3S. The summed E-state index contributed by atoms with van der Waals surface area (Å²) in [6.45, 7) is 0.753. The van der Waals surface area contributed by atoms with Crippen LogP contribution in [0.2, 0.25) is 5.02 Å². The van der Waals surface area contributed by atoms with E-state index in [9.17, 15) is 8.42 Å². The van der Waals surface area contributed by atoms with Crippen molar-refractivity contribution in [2.45, 2.75) is 29.9 Å². The fraction of sp³-hybridized carbons (Fsp3) is 0.429. The summed E-state index contributed by atoms with van der Waals surface area (Å²) in [6.07, 6.45) is 4.46. The number of benzene rings is 1. The predicted molar refractivity (Wildman–Crippen MR) is 75.9 cm³/mol. The molecule has 106 valence electrons. The number of ether oxygens (including phenoxy) is 1. The highest BCUT2D eigenvalue weighted by Gasteiger charge is 2.63. The molecule has 3 heterocycles. The second-order valence-electron chi connectivity index (χ2n) is 5.64. The van der Waals surface area contributed by atoms with Crippen LogP contribution in [-0.2, 0) is 21.3 Å². The van der Waals surface area contributed by atoms with Gasteiger partial charge in [-0.3, -0.25) is 0 Å². The van der Waals surface area contributed by atoms with Crippen LogP contribution in [-0.4, -0.2) is 36.2 Å². The molecule has 0 unspecified atom stereocenters. The summed E-state index contributed by atoms with van der Waals surface area (Å²) >= 11 is 5.95. The Kier molecular flexibility index (Phi) is 2.61. The molecule has 2 bridgehead atoms. The summed E-state index contributed by atoms with van der Waals surface area (Å²) in [5.74, 6) is 0. The topological polar surface area (TPSA) is 46.6 Å². The highest BCUT2D eigenvalue weighted by Crippen LogP contribution is 2.48. The molecule has 3 aliphatic heterocycles. The van der Waals surface area contributed by atoms with E-state index in [0.717, 1.165) is 5.56 Å². The maximum absolute atomic E-state index is 12.6. The van der Waals surface area contributed by atoms with Gasteiger partial charge in [-0.25, -0.2) is 8.42 Å². The van der Waals surface area contributed by atoms with E-state index in [-0.39, 0.29) is 6.10 Å². The molecule has 4 rings (SSSR count). The average molecular weight is 312 g/mol. The van der Waals surface area contributed by atoms with E-state index in [0.29, 0.717) is 24.5 Å². The second kappa shape index (κ2) is 4.07. The van der Waals surface area contributed by atoms with Gasteiger partial charge in [-0.1, -0.05) is 35.9 Å². The average Bonchev–Trinajstić information content (AvgIpc) is 3.00. The van der Waals surface area contributed by atoms with E-state index >= 15 is 0 Å². The van der Waals surface area contributed by atoms with Crippen molar-refractivity contribution in [1.29, 1.82) is 0 Å². The number of hydrogen-bond donors (Lipinski definition) is 0. The molecular weight excluding hydrogens is 298 g/mol. The zero-order chi connectivity index (χ0) is 14.0. The van der Waals surface area contributed by atoms with Crippen molar-refractivity contribution in [3.8, 4) is 0 Å². The Labute approximate surface area is 123 Å². The lowest BCUT2D eigenvalue weighted by Gasteiger charge is -2.19. The van der Waals surface area contributed by atoms with Crippen LogP contribution in [0.25, 0.3) is 0 Å². The van der Waals surface area contributed by atoms with Crippen molar-refractivity contribution >= 4 is 21.6 Å². The summed E-state index contributed by atoms with van der Waals surface area (Å²) in [5.41, 5.74) is 0.276. The number of fused-ring (bicyclic) bond motifs is 1. The van der Waals surface area contributed by atoms with E-state index in [1.54, 1.807) is 12.1 Å². The standard InChI is InChI=1S/C14H14ClNO3S/c15-11-3-1-2-10(6-11)8-16-9-14-5-4-12(19-14)7-13(14)20(16,17)18/h1-6,12-13H,7-9H2/t12-,13+,14+/m1/s1. The number of sulfonamides is 1. The maximum Gasteiger partial charge on any atom is 0.220 e. The first-order valence-corrected chi connectivity index (χ1v) is 8.48. The van der Waals surface area contributed by atoms with E-state index in [1.807, 2.05) is 24.3 Å². The largest absolute Gasteiger partial charge is 0.361 e. The van der Waals surface area contributed by atoms with Gasteiger partial charge < -0.3 is 4.74 Å². The van der Waals surface area contributed by atoms with Crippen molar-refractivity contribution in [3.63, 3.8) is 0 Å². The van der Waals surface area contributed by atoms with Gasteiger partial charge in [-0.15, -0.1) is 0 Å². The number of halogens is 1. The fourth-order valence-electron chi connectivity index (χ4n) is 3.45. The second-order valence-corrected chi connectivity index (χ2v) is 8.19. The Hall–Kier alpha value is -0.880. The summed E-state index contributed by atoms with van der Waals surface area (Å²) in [6, 6.07) is 7.31. The van der Waals surface area contributed by atoms with Crippen LogP contribution in [0.3, 0.4) is 0 Å². The van der Waals surface area contributed by atoms with E-state index in [2.05, 4.69) is 0 Å². The van der Waals surface area contributed by atoms with E-state index in [4.69, 9.17) is 16.3 Å². The van der Waals surface area contributed by atoms with Crippen LogP contribution in [0, 0.1) is 0 Å². The molecule has 6 heteroatoms. The Balaban J connectivity index is 1.66. The highest BCUT2D eigenvalue weighted by molar-refractivity contribution is 7.90.